The molecule has 0 radical (unpaired) electrons. The fourth-order valence-electron chi connectivity index (χ4n) is 0.932. The first kappa shape index (κ1) is 11.2. The fraction of sp³-hybridized carbons (Fsp3) is 0.333. The van der Waals surface area contributed by atoms with Crippen molar-refractivity contribution in [1.82, 2.24) is 3.30 Å². The normalized spacial score (nSPS) is 10.0. The van der Waals surface area contributed by atoms with Crippen LogP contribution in [0.1, 0.15) is 12.7 Å². The van der Waals surface area contributed by atoms with E-state index in [-0.39, 0.29) is 5.78 Å². The molecule has 0 N–H and O–H groups in total. The number of ketones is 1. The Morgan fingerprint density at radius 3 is 2.91 bits per heavy atom. The Kier molecular flexibility index (Phi) is 5.24. The molecule has 0 atom stereocenters. The minimum atomic E-state index is 0.211. The minimum absolute atomic E-state index is 0.211. The number of Topliss-reactive ketones (excluding diaryl/α,β-unsaturated/α-hetero) is 1. The number of nitrogens with zero attached hydrogens (tertiary/aromatic N) is 2. The first-order valence-corrected chi connectivity index (χ1v) is 9.88. The number of carbonyl (C=O) groups is 1. The monoisotopic (exact) mass is 434 g/mol. The molecule has 0 saturated heterocycles. The molecule has 5 heteroatoms. The SMILES string of the molecule is CC(=O)Cc1nc[c]([RaH])[n]1[Rb]. The number of rotatable bonds is 2. The van der Waals surface area contributed by atoms with E-state index in [4.69, 9.17) is 0 Å². The molecule has 3 nitrogen and oxygen atoms in total. The van der Waals surface area contributed by atoms with Crippen LogP contribution >= 0.6 is 0 Å². The van der Waals surface area contributed by atoms with Crippen molar-refractivity contribution >= 4 is 62.5 Å². The van der Waals surface area contributed by atoms with Crippen LogP contribution in [0.3, 0.4) is 0 Å². The third kappa shape index (κ3) is 3.41. The van der Waals surface area contributed by atoms with Gasteiger partial charge in [0.05, 0.1) is 0 Å². The quantitative estimate of drug-likeness (QED) is 0.590. The zero-order chi connectivity index (χ0) is 8.43. The van der Waals surface area contributed by atoms with Crippen molar-refractivity contribution < 1.29 is 47.6 Å². The summed E-state index contributed by atoms with van der Waals surface area (Å²) in [7, 11) is 0. The summed E-state index contributed by atoms with van der Waals surface area (Å²) in [6.07, 6.45) is 2.45. The van der Waals surface area contributed by atoms with E-state index in [0.29, 0.717) is 105 Å². The molecule has 0 fully saturated rings. The number of imidazole rings is 1. The Hall–Kier alpha value is 2.15. The van der Waals surface area contributed by atoms with Gasteiger partial charge in [0, 0.05) is 0 Å². The van der Waals surface area contributed by atoms with Crippen LogP contribution in [0.5, 0.6) is 0 Å². The Bertz CT molecular complexity index is 284. The van der Waals surface area contributed by atoms with Gasteiger partial charge in [-0.25, -0.2) is 0 Å². The van der Waals surface area contributed by atoms with E-state index < -0.39 is 0 Å². The molecule has 1 aromatic heterocycles. The molecular formula is C6H7N2ORaRb. The molecule has 1 aromatic rings. The van der Waals surface area contributed by atoms with E-state index in [1.165, 1.54) is 0.735 Å². The van der Waals surface area contributed by atoms with Gasteiger partial charge in [0.2, 0.25) is 0 Å². The molecule has 0 aliphatic heterocycles. The molecular weight excluding hydrogens is 428 g/mol. The summed E-state index contributed by atoms with van der Waals surface area (Å²) in [5, 5.41) is 0. The summed E-state index contributed by atoms with van der Waals surface area (Å²) in [5.74, 6) is 1.20. The molecule has 50 valence electrons. The van der Waals surface area contributed by atoms with Gasteiger partial charge < -0.3 is 0 Å². The van der Waals surface area contributed by atoms with E-state index in [1.54, 1.807) is 6.92 Å². The molecule has 0 aromatic carbocycles. The zero-order valence-corrected chi connectivity index (χ0v) is 20.2. The topological polar surface area (TPSA) is 34.9 Å². The number of carbonyl (C=O) groups excluding carboxylic acids is 1. The molecule has 11 heavy (non-hydrogen) atoms. The van der Waals surface area contributed by atoms with Crippen LogP contribution in [0.4, 0.5) is 0 Å². The summed E-state index contributed by atoms with van der Waals surface area (Å²) in [4.78, 5) is 15.0. The fourth-order valence-corrected chi connectivity index (χ4v) is 3.48. The molecule has 0 amide bonds. The Morgan fingerprint density at radius 1 is 1.91 bits per heavy atom. The van der Waals surface area contributed by atoms with Crippen molar-refractivity contribution in [2.45, 2.75) is 13.3 Å². The number of aromatic nitrogens is 2. The van der Waals surface area contributed by atoms with E-state index >= 15 is 0 Å². The van der Waals surface area contributed by atoms with Gasteiger partial charge >= 0.3 is 139 Å². The second-order valence-corrected chi connectivity index (χ2v) is 9.16. The Balaban J connectivity index is 2.87. The van der Waals surface area contributed by atoms with Crippen LogP contribution in [-0.4, -0.2) is 65.1 Å². The van der Waals surface area contributed by atoms with Crippen LogP contribution in [0.25, 0.3) is 0 Å². The Labute approximate surface area is 135 Å². The summed E-state index contributed by atoms with van der Waals surface area (Å²) in [6, 6.07) is 0. The Morgan fingerprint density at radius 2 is 2.55 bits per heavy atom. The number of hydrogen-bond acceptors (Lipinski definition) is 2. The van der Waals surface area contributed by atoms with E-state index in [1.807, 2.05) is 6.20 Å². The van der Waals surface area contributed by atoms with Gasteiger partial charge in [-0.3, -0.25) is 0 Å². The van der Waals surface area contributed by atoms with Crippen LogP contribution in [-0.2, 0) is 11.2 Å². The van der Waals surface area contributed by atoms with Gasteiger partial charge in [-0.15, -0.1) is 0 Å². The summed E-state index contributed by atoms with van der Waals surface area (Å²) >= 11 is 0.845. The molecule has 0 aliphatic carbocycles. The summed E-state index contributed by atoms with van der Waals surface area (Å²) in [6.45, 7) is 1.62. The maximum absolute atomic E-state index is 10.8. The van der Waals surface area contributed by atoms with Crippen molar-refractivity contribution in [1.29, 1.82) is 0 Å². The molecule has 0 bridgehead atoms. The van der Waals surface area contributed by atoms with Crippen molar-refractivity contribution in [3.8, 4) is 0 Å². The van der Waals surface area contributed by atoms with E-state index in [2.05, 4.69) is 3.30 Å². The number of hydrogen-bond donors (Lipinski definition) is 0. The van der Waals surface area contributed by atoms with E-state index in [0.717, 1.165) is 5.82 Å². The summed E-state index contributed by atoms with van der Waals surface area (Å²) < 4.78 is 3.65. The van der Waals surface area contributed by atoms with Crippen molar-refractivity contribution in [3.63, 3.8) is 0 Å². The summed E-state index contributed by atoms with van der Waals surface area (Å²) in [5.41, 5.74) is 0. The van der Waals surface area contributed by atoms with Gasteiger partial charge in [-0.2, -0.15) is 0 Å². The van der Waals surface area contributed by atoms with Crippen LogP contribution in [0.2, 0.25) is 0 Å². The second-order valence-electron chi connectivity index (χ2n) is 2.75. The van der Waals surface area contributed by atoms with Crippen molar-refractivity contribution in [2.24, 2.45) is 0 Å². The standard InChI is InChI=1S/C6H6N2O.Ra.Rb.H/c1-5(9)4-6-7-2-3-8-6;;;/h2H,4H2,1H3;;;/q-1;;+1;. The molecule has 0 aliphatic rings. The molecule has 0 spiro atoms. The zero-order valence-electron chi connectivity index (χ0n) is 7.09. The average molecular weight is 435 g/mol. The van der Waals surface area contributed by atoms with Crippen molar-refractivity contribution in [2.75, 3.05) is 0 Å². The first-order chi connectivity index (χ1) is 5.11. The van der Waals surface area contributed by atoms with Gasteiger partial charge in [0.25, 0.3) is 0 Å². The van der Waals surface area contributed by atoms with Gasteiger partial charge in [0.1, 0.15) is 0 Å². The van der Waals surface area contributed by atoms with Crippen LogP contribution in [0.15, 0.2) is 6.20 Å². The predicted molar refractivity (Wildman–Crippen MR) is 38.8 cm³/mol. The van der Waals surface area contributed by atoms with Crippen LogP contribution in [0, 0.1) is 42.8 Å². The van der Waals surface area contributed by atoms with Gasteiger partial charge in [0.15, 0.2) is 0 Å². The third-order valence-corrected chi connectivity index (χ3v) is 17.6. The first-order valence-electron chi connectivity index (χ1n) is 3.58. The predicted octanol–water partition coefficient (Wildman–Crippen LogP) is -1.15. The van der Waals surface area contributed by atoms with Crippen LogP contribution < -0.4 is 0.735 Å². The second kappa shape index (κ2) is 5.14. The molecule has 1 rings (SSSR count). The van der Waals surface area contributed by atoms with Crippen molar-refractivity contribution in [3.05, 3.63) is 12.0 Å². The maximum atomic E-state index is 10.8. The molecule has 0 saturated carbocycles. The van der Waals surface area contributed by atoms with E-state index in [9.17, 15) is 4.79 Å². The van der Waals surface area contributed by atoms with Gasteiger partial charge in [-0.05, 0) is 0 Å². The molecule has 1 heterocycles. The van der Waals surface area contributed by atoms with Gasteiger partial charge in [-0.1, -0.05) is 0 Å². The average Bonchev–Trinajstić information content (AvgIpc) is 2.18. The molecule has 0 unspecified atom stereocenters. The third-order valence-electron chi connectivity index (χ3n) is 1.72.